The van der Waals surface area contributed by atoms with E-state index in [1.807, 2.05) is 0 Å². The summed E-state index contributed by atoms with van der Waals surface area (Å²) in [4.78, 5) is 0. The van der Waals surface area contributed by atoms with Crippen LogP contribution in [0.15, 0.2) is 60.8 Å². The molecule has 0 amide bonds. The minimum absolute atomic E-state index is 0.487. The van der Waals surface area contributed by atoms with Crippen molar-refractivity contribution in [3.8, 4) is 0 Å². The molecule has 1 saturated heterocycles. The van der Waals surface area contributed by atoms with Crippen molar-refractivity contribution in [2.45, 2.75) is 12.5 Å². The Morgan fingerprint density at radius 3 is 2.58 bits per heavy atom. The lowest BCUT2D eigenvalue weighted by Gasteiger charge is -2.35. The number of para-hydroxylation sites is 1. The smallest absolute Gasteiger partial charge is 0.0772 e. The van der Waals surface area contributed by atoms with Gasteiger partial charge in [-0.15, -0.1) is 0 Å². The standard InChI is InChI=1S/C17H16N2/c1-2-7-15(8-3-1)18-13-11-17-16-9-5-4-6-14(16)10-12-19(17)18/h1-10,12,17H,11,13H2. The minimum atomic E-state index is 0.487. The van der Waals surface area contributed by atoms with Crippen molar-refractivity contribution >= 4 is 11.8 Å². The molecule has 0 saturated carbocycles. The fourth-order valence-corrected chi connectivity index (χ4v) is 3.13. The number of anilines is 1. The van der Waals surface area contributed by atoms with Crippen molar-refractivity contribution in [2.24, 2.45) is 0 Å². The fourth-order valence-electron chi connectivity index (χ4n) is 3.13. The van der Waals surface area contributed by atoms with Crippen molar-refractivity contribution in [1.29, 1.82) is 0 Å². The first-order valence-electron chi connectivity index (χ1n) is 6.81. The molecule has 1 fully saturated rings. The predicted octanol–water partition coefficient (Wildman–Crippen LogP) is 3.84. The Morgan fingerprint density at radius 2 is 1.68 bits per heavy atom. The Labute approximate surface area is 113 Å². The van der Waals surface area contributed by atoms with Crippen LogP contribution >= 0.6 is 0 Å². The van der Waals surface area contributed by atoms with Gasteiger partial charge in [0.05, 0.1) is 11.7 Å². The van der Waals surface area contributed by atoms with E-state index in [2.05, 4.69) is 76.9 Å². The lowest BCUT2D eigenvalue weighted by atomic mass is 9.96. The molecule has 2 heterocycles. The molecule has 2 aliphatic rings. The Hall–Kier alpha value is -2.22. The number of benzene rings is 2. The van der Waals surface area contributed by atoms with Crippen LogP contribution in [0.1, 0.15) is 23.6 Å². The molecule has 2 aromatic rings. The molecule has 1 unspecified atom stereocenters. The van der Waals surface area contributed by atoms with E-state index in [4.69, 9.17) is 0 Å². The zero-order valence-corrected chi connectivity index (χ0v) is 10.7. The third kappa shape index (κ3) is 1.64. The van der Waals surface area contributed by atoms with Crippen LogP contribution in [-0.4, -0.2) is 11.6 Å². The van der Waals surface area contributed by atoms with Crippen molar-refractivity contribution in [3.05, 3.63) is 71.9 Å². The summed E-state index contributed by atoms with van der Waals surface area (Å²) in [5, 5.41) is 4.74. The second kappa shape index (κ2) is 4.16. The zero-order chi connectivity index (χ0) is 12.7. The SMILES string of the molecule is C1=CN2C(CCN2c2ccccc2)c2ccccc21. The maximum Gasteiger partial charge on any atom is 0.0772 e. The van der Waals surface area contributed by atoms with Crippen LogP contribution in [0.25, 0.3) is 6.08 Å². The minimum Gasteiger partial charge on any atom is -0.285 e. The quantitative estimate of drug-likeness (QED) is 0.756. The molecule has 2 nitrogen and oxygen atoms in total. The van der Waals surface area contributed by atoms with Crippen LogP contribution in [0, 0.1) is 0 Å². The number of fused-ring (bicyclic) bond motifs is 3. The van der Waals surface area contributed by atoms with Crippen molar-refractivity contribution < 1.29 is 0 Å². The number of rotatable bonds is 1. The predicted molar refractivity (Wildman–Crippen MR) is 78.5 cm³/mol. The lowest BCUT2D eigenvalue weighted by molar-refractivity contribution is 0.329. The topological polar surface area (TPSA) is 6.48 Å². The number of nitrogens with zero attached hydrogens (tertiary/aromatic N) is 2. The molecule has 0 aliphatic carbocycles. The van der Waals surface area contributed by atoms with Gasteiger partial charge in [0, 0.05) is 12.7 Å². The summed E-state index contributed by atoms with van der Waals surface area (Å²) >= 11 is 0. The molecule has 19 heavy (non-hydrogen) atoms. The first kappa shape index (κ1) is 10.7. The summed E-state index contributed by atoms with van der Waals surface area (Å²) in [6.45, 7) is 1.08. The van der Waals surface area contributed by atoms with E-state index in [0.717, 1.165) is 6.54 Å². The summed E-state index contributed by atoms with van der Waals surface area (Å²) in [6.07, 6.45) is 5.61. The molecule has 4 rings (SSSR count). The van der Waals surface area contributed by atoms with E-state index >= 15 is 0 Å². The van der Waals surface area contributed by atoms with Gasteiger partial charge in [0.25, 0.3) is 0 Å². The molecular weight excluding hydrogens is 232 g/mol. The first-order chi connectivity index (χ1) is 9.43. The van der Waals surface area contributed by atoms with E-state index in [1.54, 1.807) is 0 Å². The van der Waals surface area contributed by atoms with Gasteiger partial charge in [0.1, 0.15) is 0 Å². The normalized spacial score (nSPS) is 20.3. The highest BCUT2D eigenvalue weighted by molar-refractivity contribution is 5.59. The van der Waals surface area contributed by atoms with Gasteiger partial charge in [0.2, 0.25) is 0 Å². The van der Waals surface area contributed by atoms with Gasteiger partial charge >= 0.3 is 0 Å². The van der Waals surface area contributed by atoms with E-state index in [0.29, 0.717) is 6.04 Å². The summed E-state index contributed by atoms with van der Waals surface area (Å²) in [5.41, 5.74) is 4.08. The summed E-state index contributed by atoms with van der Waals surface area (Å²) in [5.74, 6) is 0. The summed E-state index contributed by atoms with van der Waals surface area (Å²) < 4.78 is 0. The van der Waals surface area contributed by atoms with Gasteiger partial charge in [-0.05, 0) is 35.8 Å². The van der Waals surface area contributed by atoms with E-state index in [1.165, 1.54) is 23.2 Å². The third-order valence-electron chi connectivity index (χ3n) is 4.03. The largest absolute Gasteiger partial charge is 0.285 e. The molecule has 2 aliphatic heterocycles. The van der Waals surface area contributed by atoms with Crippen LogP contribution in [0.2, 0.25) is 0 Å². The second-order valence-corrected chi connectivity index (χ2v) is 5.09. The van der Waals surface area contributed by atoms with Crippen LogP contribution in [-0.2, 0) is 0 Å². The molecule has 2 aromatic carbocycles. The number of hydrogen-bond acceptors (Lipinski definition) is 2. The Kier molecular flexibility index (Phi) is 2.34. The van der Waals surface area contributed by atoms with Crippen molar-refractivity contribution in [3.63, 3.8) is 0 Å². The van der Waals surface area contributed by atoms with Gasteiger partial charge < -0.3 is 0 Å². The van der Waals surface area contributed by atoms with Gasteiger partial charge in [-0.3, -0.25) is 10.0 Å². The van der Waals surface area contributed by atoms with Gasteiger partial charge in [-0.1, -0.05) is 42.5 Å². The van der Waals surface area contributed by atoms with Gasteiger partial charge in [-0.25, -0.2) is 0 Å². The van der Waals surface area contributed by atoms with Crippen molar-refractivity contribution in [2.75, 3.05) is 11.6 Å². The Morgan fingerprint density at radius 1 is 0.895 bits per heavy atom. The number of hydrazine groups is 1. The highest BCUT2D eigenvalue weighted by atomic mass is 15.7. The molecule has 0 aromatic heterocycles. The lowest BCUT2D eigenvalue weighted by Crippen LogP contribution is -2.34. The molecule has 94 valence electrons. The zero-order valence-electron chi connectivity index (χ0n) is 10.7. The van der Waals surface area contributed by atoms with Crippen LogP contribution < -0.4 is 5.01 Å². The highest BCUT2D eigenvalue weighted by Crippen LogP contribution is 2.39. The van der Waals surface area contributed by atoms with Crippen LogP contribution in [0.4, 0.5) is 5.69 Å². The van der Waals surface area contributed by atoms with Gasteiger partial charge in [-0.2, -0.15) is 0 Å². The Balaban J connectivity index is 1.73. The molecule has 0 radical (unpaired) electrons. The van der Waals surface area contributed by atoms with E-state index in [9.17, 15) is 0 Å². The molecule has 2 heteroatoms. The molecule has 0 spiro atoms. The maximum absolute atomic E-state index is 2.37. The third-order valence-corrected chi connectivity index (χ3v) is 4.03. The Bertz CT molecular complexity index is 618. The van der Waals surface area contributed by atoms with Crippen LogP contribution in [0.5, 0.6) is 0 Å². The monoisotopic (exact) mass is 248 g/mol. The van der Waals surface area contributed by atoms with Gasteiger partial charge in [0.15, 0.2) is 0 Å². The molecule has 1 atom stereocenters. The molecular formula is C17H16N2. The maximum atomic E-state index is 2.37. The van der Waals surface area contributed by atoms with E-state index < -0.39 is 0 Å². The number of hydrogen-bond donors (Lipinski definition) is 0. The van der Waals surface area contributed by atoms with Crippen LogP contribution in [0.3, 0.4) is 0 Å². The average molecular weight is 248 g/mol. The molecule has 0 N–H and O–H groups in total. The molecule has 0 bridgehead atoms. The fraction of sp³-hybridized carbons (Fsp3) is 0.176. The second-order valence-electron chi connectivity index (χ2n) is 5.09. The summed E-state index contributed by atoms with van der Waals surface area (Å²) in [6, 6.07) is 19.8. The van der Waals surface area contributed by atoms with Crippen molar-refractivity contribution in [1.82, 2.24) is 5.01 Å². The van der Waals surface area contributed by atoms with E-state index in [-0.39, 0.29) is 0 Å². The highest BCUT2D eigenvalue weighted by Gasteiger charge is 2.33. The summed E-state index contributed by atoms with van der Waals surface area (Å²) in [7, 11) is 0. The average Bonchev–Trinajstić information content (AvgIpc) is 2.92. The first-order valence-corrected chi connectivity index (χ1v) is 6.81.